The first-order valence-electron chi connectivity index (χ1n) is 8.81. The number of para-hydroxylation sites is 1. The van der Waals surface area contributed by atoms with E-state index in [0.29, 0.717) is 24.6 Å². The zero-order valence-electron chi connectivity index (χ0n) is 16.2. The van der Waals surface area contributed by atoms with Crippen LogP contribution in [-0.4, -0.2) is 26.7 Å². The van der Waals surface area contributed by atoms with Crippen LogP contribution in [0.2, 0.25) is 0 Å². The highest BCUT2D eigenvalue weighted by atomic mass is 16.5. The van der Waals surface area contributed by atoms with E-state index in [1.54, 1.807) is 14.2 Å². The van der Waals surface area contributed by atoms with Gasteiger partial charge in [-0.1, -0.05) is 32.0 Å². The molecule has 0 atom stereocenters. The van der Waals surface area contributed by atoms with Gasteiger partial charge in [0.05, 0.1) is 19.9 Å². The Labute approximate surface area is 155 Å². The average Bonchev–Trinajstić information content (AvgIpc) is 2.63. The Morgan fingerprint density at radius 3 is 2.54 bits per heavy atom. The highest BCUT2D eigenvalue weighted by Gasteiger charge is 2.12. The molecule has 2 aromatic carbocycles. The second kappa shape index (κ2) is 9.13. The van der Waals surface area contributed by atoms with Gasteiger partial charge in [0.1, 0.15) is 11.5 Å². The van der Waals surface area contributed by atoms with Crippen LogP contribution in [0.3, 0.4) is 0 Å². The lowest BCUT2D eigenvalue weighted by Gasteiger charge is -2.17. The molecule has 0 saturated carbocycles. The molecule has 0 fully saturated rings. The maximum absolute atomic E-state index is 12.4. The van der Waals surface area contributed by atoms with Crippen molar-refractivity contribution in [3.63, 3.8) is 0 Å². The van der Waals surface area contributed by atoms with Crippen molar-refractivity contribution in [2.45, 2.75) is 33.1 Å². The fraction of sp³-hybridized carbons (Fsp3) is 0.381. The molecule has 0 saturated heterocycles. The Morgan fingerprint density at radius 2 is 1.88 bits per heavy atom. The predicted octanol–water partition coefficient (Wildman–Crippen LogP) is 4.58. The minimum atomic E-state index is -0.0180. The van der Waals surface area contributed by atoms with E-state index in [9.17, 15) is 4.79 Å². The summed E-state index contributed by atoms with van der Waals surface area (Å²) in [6.07, 6.45) is 0.353. The molecule has 140 valence electrons. The fourth-order valence-corrected chi connectivity index (χ4v) is 2.81. The Morgan fingerprint density at radius 1 is 1.12 bits per heavy atom. The quantitative estimate of drug-likeness (QED) is 0.727. The number of nitrogens with one attached hydrogen (secondary N) is 2. The van der Waals surface area contributed by atoms with Gasteiger partial charge in [0, 0.05) is 24.7 Å². The second-order valence-corrected chi connectivity index (χ2v) is 6.49. The molecule has 5 heteroatoms. The van der Waals surface area contributed by atoms with Gasteiger partial charge in [0.15, 0.2) is 0 Å². The molecule has 0 aromatic heterocycles. The van der Waals surface area contributed by atoms with Crippen LogP contribution in [0, 0.1) is 6.92 Å². The highest BCUT2D eigenvalue weighted by Crippen LogP contribution is 2.29. The lowest BCUT2D eigenvalue weighted by atomic mass is 9.98. The van der Waals surface area contributed by atoms with Crippen LogP contribution in [-0.2, 0) is 4.79 Å². The van der Waals surface area contributed by atoms with Gasteiger partial charge >= 0.3 is 0 Å². The minimum absolute atomic E-state index is 0.0180. The summed E-state index contributed by atoms with van der Waals surface area (Å²) in [5, 5.41) is 6.30. The standard InChI is InChI=1S/C21H28N2O3/c1-14(2)17-8-6-7-15(3)21(17)23-20(24)11-12-22-18-13-16(25-4)9-10-19(18)26-5/h6-10,13-14,22H,11-12H2,1-5H3,(H,23,24). The first kappa shape index (κ1) is 19.6. The van der Waals surface area contributed by atoms with Crippen LogP contribution in [0.15, 0.2) is 36.4 Å². The van der Waals surface area contributed by atoms with E-state index in [0.717, 1.165) is 28.3 Å². The Bertz CT molecular complexity index is 757. The molecule has 0 unspecified atom stereocenters. The molecule has 1 amide bonds. The van der Waals surface area contributed by atoms with Crippen molar-refractivity contribution in [3.8, 4) is 11.5 Å². The van der Waals surface area contributed by atoms with Crippen molar-refractivity contribution in [2.75, 3.05) is 31.4 Å². The lowest BCUT2D eigenvalue weighted by molar-refractivity contribution is -0.115. The van der Waals surface area contributed by atoms with Crippen molar-refractivity contribution in [2.24, 2.45) is 0 Å². The molecule has 5 nitrogen and oxygen atoms in total. The molecule has 0 spiro atoms. The molecule has 0 aliphatic heterocycles. The molecule has 0 heterocycles. The van der Waals surface area contributed by atoms with E-state index in [1.165, 1.54) is 0 Å². The van der Waals surface area contributed by atoms with Gasteiger partial charge in [-0.3, -0.25) is 4.79 Å². The number of rotatable bonds is 8. The highest BCUT2D eigenvalue weighted by molar-refractivity contribution is 5.92. The molecule has 0 aliphatic rings. The molecular weight excluding hydrogens is 328 g/mol. The molecule has 0 radical (unpaired) electrons. The van der Waals surface area contributed by atoms with E-state index < -0.39 is 0 Å². The zero-order valence-corrected chi connectivity index (χ0v) is 16.2. The zero-order chi connectivity index (χ0) is 19.1. The Balaban J connectivity index is 1.99. The SMILES string of the molecule is COc1ccc(OC)c(NCCC(=O)Nc2c(C)cccc2C(C)C)c1. The van der Waals surface area contributed by atoms with Gasteiger partial charge in [-0.2, -0.15) is 0 Å². The minimum Gasteiger partial charge on any atom is -0.497 e. The molecule has 2 rings (SSSR count). The maximum Gasteiger partial charge on any atom is 0.226 e. The third kappa shape index (κ3) is 4.91. The topological polar surface area (TPSA) is 59.6 Å². The molecule has 0 bridgehead atoms. The average molecular weight is 356 g/mol. The summed E-state index contributed by atoms with van der Waals surface area (Å²) in [5.41, 5.74) is 3.96. The van der Waals surface area contributed by atoms with Crippen LogP contribution in [0.4, 0.5) is 11.4 Å². The van der Waals surface area contributed by atoms with Gasteiger partial charge in [-0.25, -0.2) is 0 Å². The van der Waals surface area contributed by atoms with Crippen LogP contribution in [0.25, 0.3) is 0 Å². The summed E-state index contributed by atoms with van der Waals surface area (Å²) in [7, 11) is 3.23. The van der Waals surface area contributed by atoms with Crippen molar-refractivity contribution < 1.29 is 14.3 Å². The third-order valence-corrected chi connectivity index (χ3v) is 4.27. The number of carbonyl (C=O) groups is 1. The second-order valence-electron chi connectivity index (χ2n) is 6.49. The molecule has 26 heavy (non-hydrogen) atoms. The van der Waals surface area contributed by atoms with Crippen LogP contribution >= 0.6 is 0 Å². The smallest absolute Gasteiger partial charge is 0.226 e. The molecular formula is C21H28N2O3. The number of hydrogen-bond acceptors (Lipinski definition) is 4. The summed E-state index contributed by atoms with van der Waals surface area (Å²) in [6, 6.07) is 11.6. The van der Waals surface area contributed by atoms with Gasteiger partial charge in [0.25, 0.3) is 0 Å². The van der Waals surface area contributed by atoms with Gasteiger partial charge in [-0.15, -0.1) is 0 Å². The number of benzene rings is 2. The van der Waals surface area contributed by atoms with Gasteiger partial charge in [-0.05, 0) is 36.1 Å². The number of aryl methyl sites for hydroxylation is 1. The first-order valence-corrected chi connectivity index (χ1v) is 8.81. The van der Waals surface area contributed by atoms with Crippen LogP contribution in [0.5, 0.6) is 11.5 Å². The summed E-state index contributed by atoms with van der Waals surface area (Å²) >= 11 is 0. The van der Waals surface area contributed by atoms with E-state index in [1.807, 2.05) is 37.3 Å². The van der Waals surface area contributed by atoms with Gasteiger partial charge < -0.3 is 20.1 Å². The lowest BCUT2D eigenvalue weighted by Crippen LogP contribution is -2.18. The molecule has 2 aromatic rings. The summed E-state index contributed by atoms with van der Waals surface area (Å²) in [6.45, 7) is 6.77. The first-order chi connectivity index (χ1) is 12.5. The predicted molar refractivity (Wildman–Crippen MR) is 107 cm³/mol. The molecule has 0 aliphatic carbocycles. The number of anilines is 2. The van der Waals surface area contributed by atoms with Crippen molar-refractivity contribution in [1.29, 1.82) is 0 Å². The van der Waals surface area contributed by atoms with E-state index in [-0.39, 0.29) is 5.91 Å². The van der Waals surface area contributed by atoms with E-state index >= 15 is 0 Å². The van der Waals surface area contributed by atoms with Crippen LogP contribution in [0.1, 0.15) is 37.3 Å². The monoisotopic (exact) mass is 356 g/mol. The van der Waals surface area contributed by atoms with Crippen molar-refractivity contribution in [1.82, 2.24) is 0 Å². The van der Waals surface area contributed by atoms with E-state index in [4.69, 9.17) is 9.47 Å². The Kier molecular flexibility index (Phi) is 6.89. The number of hydrogen-bond donors (Lipinski definition) is 2. The third-order valence-electron chi connectivity index (χ3n) is 4.27. The van der Waals surface area contributed by atoms with Crippen molar-refractivity contribution >= 4 is 17.3 Å². The molecule has 2 N–H and O–H groups in total. The fourth-order valence-electron chi connectivity index (χ4n) is 2.81. The number of carbonyl (C=O) groups excluding carboxylic acids is 1. The van der Waals surface area contributed by atoms with Crippen molar-refractivity contribution in [3.05, 3.63) is 47.5 Å². The number of methoxy groups -OCH3 is 2. The van der Waals surface area contributed by atoms with Gasteiger partial charge in [0.2, 0.25) is 5.91 Å². The largest absolute Gasteiger partial charge is 0.497 e. The number of amides is 1. The summed E-state index contributed by atoms with van der Waals surface area (Å²) in [5.74, 6) is 1.78. The van der Waals surface area contributed by atoms with E-state index in [2.05, 4.69) is 30.5 Å². The summed E-state index contributed by atoms with van der Waals surface area (Å²) in [4.78, 5) is 12.4. The Hall–Kier alpha value is -2.69. The summed E-state index contributed by atoms with van der Waals surface area (Å²) < 4.78 is 10.6. The number of ether oxygens (including phenoxy) is 2. The normalized spacial score (nSPS) is 10.5. The maximum atomic E-state index is 12.4. The van der Waals surface area contributed by atoms with Crippen LogP contribution < -0.4 is 20.1 Å².